The summed E-state index contributed by atoms with van der Waals surface area (Å²) < 4.78 is 0. The Morgan fingerprint density at radius 1 is 0.913 bits per heavy atom. The molecule has 0 aliphatic carbocycles. The number of carbonyl (C=O) groups is 1. The van der Waals surface area contributed by atoms with Gasteiger partial charge in [-0.2, -0.15) is 0 Å². The van der Waals surface area contributed by atoms with Gasteiger partial charge in [-0.1, -0.05) is 78.2 Å². The number of carboxylic acids is 1. The van der Waals surface area contributed by atoms with Gasteiger partial charge in [0.2, 0.25) is 0 Å². The van der Waals surface area contributed by atoms with Crippen LogP contribution >= 0.6 is 0 Å². The Labute approximate surface area is 168 Å². The molecule has 0 aromatic carbocycles. The third-order valence-corrected chi connectivity index (χ3v) is 4.51. The third kappa shape index (κ3) is 18.4. The second-order valence-corrected chi connectivity index (χ2v) is 7.69. The summed E-state index contributed by atoms with van der Waals surface area (Å²) in [4.78, 5) is 10.5. The zero-order valence-corrected chi connectivity index (χ0v) is 18.5. The van der Waals surface area contributed by atoms with Gasteiger partial charge in [-0.3, -0.25) is 0 Å². The predicted molar refractivity (Wildman–Crippen MR) is 97.2 cm³/mol. The summed E-state index contributed by atoms with van der Waals surface area (Å²) in [5.74, 6) is 1.65. The maximum atomic E-state index is 10.5. The largest absolute Gasteiger partial charge is 1.00 e. The van der Waals surface area contributed by atoms with Crippen LogP contribution in [0.2, 0.25) is 0 Å². The predicted octanol–water partition coefficient (Wildman–Crippen LogP) is 3.57. The molecule has 0 amide bonds. The van der Waals surface area contributed by atoms with Crippen molar-refractivity contribution in [3.05, 3.63) is 11.6 Å². The number of aliphatic carboxylic acids is 1. The second kappa shape index (κ2) is 15.7. The van der Waals surface area contributed by atoms with Crippen molar-refractivity contribution in [1.29, 1.82) is 0 Å². The fraction of sp³-hybridized carbons (Fsp3) is 0.850. The van der Waals surface area contributed by atoms with Gasteiger partial charge in [0.15, 0.2) is 0 Å². The van der Waals surface area contributed by atoms with Crippen LogP contribution in [0.4, 0.5) is 0 Å². The van der Waals surface area contributed by atoms with Crippen LogP contribution in [0, 0.1) is 17.8 Å². The maximum absolute atomic E-state index is 10.5. The third-order valence-electron chi connectivity index (χ3n) is 4.51. The molecule has 0 saturated carbocycles. The van der Waals surface area contributed by atoms with Gasteiger partial charge in [-0.25, -0.2) is 4.79 Å². The van der Waals surface area contributed by atoms with E-state index < -0.39 is 5.97 Å². The van der Waals surface area contributed by atoms with E-state index in [1.54, 1.807) is 0 Å². The van der Waals surface area contributed by atoms with Crippen molar-refractivity contribution in [2.75, 3.05) is 0 Å². The van der Waals surface area contributed by atoms with Crippen LogP contribution < -0.4 is 29.6 Å². The molecule has 132 valence electrons. The molecule has 0 saturated heterocycles. The standard InChI is InChI=1S/C20H38O2.Na.H/c1-16(2)9-6-10-17(3)11-7-12-18(4)13-8-14-19(5)15-20(21)22;;/h15-18H,6-14H2,1-5H3,(H,21,22);;/q;+1;-1/b19-15+;;/t17-,18-;;/m1../s1. The van der Waals surface area contributed by atoms with Crippen molar-refractivity contribution < 1.29 is 40.9 Å². The molecule has 0 spiro atoms. The first-order chi connectivity index (χ1) is 10.3. The van der Waals surface area contributed by atoms with Crippen LogP contribution in [0.5, 0.6) is 0 Å². The molecule has 0 unspecified atom stereocenters. The molecule has 0 aliphatic heterocycles. The zero-order chi connectivity index (χ0) is 17.0. The van der Waals surface area contributed by atoms with Crippen molar-refractivity contribution in [2.24, 2.45) is 17.8 Å². The van der Waals surface area contributed by atoms with Crippen LogP contribution in [0.25, 0.3) is 0 Å². The Morgan fingerprint density at radius 3 is 1.78 bits per heavy atom. The van der Waals surface area contributed by atoms with Crippen molar-refractivity contribution in [3.8, 4) is 0 Å². The van der Waals surface area contributed by atoms with Gasteiger partial charge in [0, 0.05) is 6.08 Å². The van der Waals surface area contributed by atoms with E-state index in [1.807, 2.05) is 6.92 Å². The van der Waals surface area contributed by atoms with Crippen LogP contribution in [-0.2, 0) is 4.79 Å². The van der Waals surface area contributed by atoms with Crippen LogP contribution in [0.3, 0.4) is 0 Å². The van der Waals surface area contributed by atoms with Crippen molar-refractivity contribution in [3.63, 3.8) is 0 Å². The number of rotatable bonds is 13. The number of hydrogen-bond donors (Lipinski definition) is 1. The summed E-state index contributed by atoms with van der Waals surface area (Å²) in [5.41, 5.74) is 0.985. The molecule has 2 atom stereocenters. The Hall–Kier alpha value is 0.210. The van der Waals surface area contributed by atoms with Crippen molar-refractivity contribution >= 4 is 5.97 Å². The van der Waals surface area contributed by atoms with E-state index in [0.29, 0.717) is 0 Å². The second-order valence-electron chi connectivity index (χ2n) is 7.69. The summed E-state index contributed by atoms with van der Waals surface area (Å²) >= 11 is 0. The molecule has 3 heteroatoms. The minimum Gasteiger partial charge on any atom is -1.00 e. The van der Waals surface area contributed by atoms with Crippen LogP contribution in [0.15, 0.2) is 11.6 Å². The smallest absolute Gasteiger partial charge is 1.00 e. The molecule has 0 aromatic rings. The summed E-state index contributed by atoms with van der Waals surface area (Å²) in [6.07, 6.45) is 12.7. The zero-order valence-electron chi connectivity index (χ0n) is 17.5. The molecule has 1 N–H and O–H groups in total. The Balaban J connectivity index is -0.00000220. The molecule has 23 heavy (non-hydrogen) atoms. The van der Waals surface area contributed by atoms with Gasteiger partial charge in [0.25, 0.3) is 0 Å². The van der Waals surface area contributed by atoms with Gasteiger partial charge < -0.3 is 6.53 Å². The molecule has 0 bridgehead atoms. The van der Waals surface area contributed by atoms with Gasteiger partial charge in [0.1, 0.15) is 0 Å². The molecule has 0 heterocycles. The average Bonchev–Trinajstić information content (AvgIpc) is 2.37. The normalized spacial score (nSPS) is 14.4. The number of allylic oxidation sites excluding steroid dienone is 1. The van der Waals surface area contributed by atoms with Crippen LogP contribution in [-0.4, -0.2) is 11.1 Å². The van der Waals surface area contributed by atoms with Gasteiger partial charge >= 0.3 is 35.5 Å². The minimum atomic E-state index is -0.822. The summed E-state index contributed by atoms with van der Waals surface area (Å²) in [6.45, 7) is 11.3. The Kier molecular flexibility index (Phi) is 17.4. The molecular formula is C20H39NaO2. The number of carboxylic acid groups (broad SMARTS) is 1. The Bertz CT molecular complexity index is 330. The van der Waals surface area contributed by atoms with E-state index in [1.165, 1.54) is 51.0 Å². The first kappa shape index (κ1) is 25.5. The first-order valence-electron chi connectivity index (χ1n) is 9.21. The quantitative estimate of drug-likeness (QED) is 0.413. The van der Waals surface area contributed by atoms with Gasteiger partial charge in [-0.15, -0.1) is 0 Å². The van der Waals surface area contributed by atoms with E-state index in [-0.39, 0.29) is 31.0 Å². The molecule has 0 fully saturated rings. The first-order valence-corrected chi connectivity index (χ1v) is 9.21. The molecule has 0 rings (SSSR count). The summed E-state index contributed by atoms with van der Waals surface area (Å²) in [7, 11) is 0. The van der Waals surface area contributed by atoms with Gasteiger partial charge in [-0.05, 0) is 37.5 Å². The molecule has 0 radical (unpaired) electrons. The monoisotopic (exact) mass is 334 g/mol. The van der Waals surface area contributed by atoms with Crippen LogP contribution in [0.1, 0.15) is 93.8 Å². The minimum absolute atomic E-state index is 0. The average molecular weight is 335 g/mol. The fourth-order valence-corrected chi connectivity index (χ4v) is 2.99. The SMILES string of the molecule is C/C(=C\C(=O)O)CCC[C@H](C)CCC[C@H](C)CCCC(C)C.[H-].[Na+]. The van der Waals surface area contributed by atoms with E-state index in [0.717, 1.165) is 36.2 Å². The summed E-state index contributed by atoms with van der Waals surface area (Å²) in [5, 5.41) is 8.68. The molecular weight excluding hydrogens is 295 g/mol. The summed E-state index contributed by atoms with van der Waals surface area (Å²) in [6, 6.07) is 0. The fourth-order valence-electron chi connectivity index (χ4n) is 2.99. The molecule has 0 aliphatic rings. The Morgan fingerprint density at radius 2 is 1.35 bits per heavy atom. The van der Waals surface area contributed by atoms with Crippen molar-refractivity contribution in [2.45, 2.75) is 92.4 Å². The number of hydrogen-bond acceptors (Lipinski definition) is 1. The van der Waals surface area contributed by atoms with E-state index >= 15 is 0 Å². The van der Waals surface area contributed by atoms with Crippen molar-refractivity contribution in [1.82, 2.24) is 0 Å². The van der Waals surface area contributed by atoms with E-state index in [2.05, 4.69) is 27.7 Å². The maximum Gasteiger partial charge on any atom is 1.00 e. The van der Waals surface area contributed by atoms with Gasteiger partial charge in [0.05, 0.1) is 0 Å². The van der Waals surface area contributed by atoms with E-state index in [9.17, 15) is 4.79 Å². The molecule has 0 aromatic heterocycles. The van der Waals surface area contributed by atoms with E-state index in [4.69, 9.17) is 5.11 Å². The molecule has 2 nitrogen and oxygen atoms in total. The topological polar surface area (TPSA) is 37.3 Å².